The molecular formula is C44H60B2F8N2O6. The molecule has 62 heavy (non-hydrogen) atoms. The van der Waals surface area contributed by atoms with Gasteiger partial charge in [-0.25, -0.2) is 0 Å². The Morgan fingerprint density at radius 1 is 0.468 bits per heavy atom. The Kier molecular flexibility index (Phi) is 18.2. The van der Waals surface area contributed by atoms with Crippen LogP contribution in [0.15, 0.2) is 97.1 Å². The van der Waals surface area contributed by atoms with Crippen LogP contribution >= 0.6 is 0 Å². The molecule has 5 rings (SSSR count). The second-order valence-corrected chi connectivity index (χ2v) is 17.1. The zero-order valence-corrected chi connectivity index (χ0v) is 37.2. The normalized spacial score (nSPS) is 16.6. The highest BCUT2D eigenvalue weighted by Crippen LogP contribution is 2.44. The molecule has 0 spiro atoms. The molecule has 2 atom stereocenters. The Labute approximate surface area is 361 Å². The molecule has 0 amide bonds. The van der Waals surface area contributed by atoms with E-state index in [-0.39, 0.29) is 17.6 Å². The minimum absolute atomic E-state index is 0.157. The summed E-state index contributed by atoms with van der Waals surface area (Å²) >= 11 is 0. The van der Waals surface area contributed by atoms with Gasteiger partial charge in [0.15, 0.2) is 5.79 Å². The van der Waals surface area contributed by atoms with E-state index in [0.717, 1.165) is 71.2 Å². The maximum atomic E-state index is 9.75. The number of rotatable bonds is 16. The van der Waals surface area contributed by atoms with E-state index in [0.29, 0.717) is 0 Å². The largest absolute Gasteiger partial charge is 0.673 e. The van der Waals surface area contributed by atoms with E-state index in [9.17, 15) is 34.5 Å². The topological polar surface area (TPSA) is 55.4 Å². The number of hydrogen-bond donors (Lipinski definition) is 0. The van der Waals surface area contributed by atoms with Crippen LogP contribution in [0.5, 0.6) is 23.0 Å². The third-order valence-corrected chi connectivity index (χ3v) is 10.7. The minimum atomic E-state index is -6.00. The van der Waals surface area contributed by atoms with Gasteiger partial charge in [-0.2, -0.15) is 0 Å². The predicted octanol–water partition coefficient (Wildman–Crippen LogP) is 10.9. The molecule has 0 saturated carbocycles. The van der Waals surface area contributed by atoms with Gasteiger partial charge in [0.25, 0.3) is 0 Å². The van der Waals surface area contributed by atoms with Crippen molar-refractivity contribution in [2.24, 2.45) is 5.41 Å². The van der Waals surface area contributed by atoms with Crippen molar-refractivity contribution in [2.75, 3.05) is 55.6 Å². The zero-order valence-electron chi connectivity index (χ0n) is 37.2. The van der Waals surface area contributed by atoms with Gasteiger partial charge in [-0.05, 0) is 104 Å². The van der Waals surface area contributed by atoms with Crippen LogP contribution in [0.3, 0.4) is 0 Å². The fraction of sp³-hybridized carbons (Fsp3) is 0.455. The third-order valence-electron chi connectivity index (χ3n) is 10.7. The number of benzene rings is 4. The standard InChI is InChI=1S/C44H60N2O6.2BF4/c1-43(2,3)44(4)51-41(31-45(5,27-33-11-19-37(47-7)20-12-33)28-34-13-21-38(48-8)22-14-34)42(52-44)32-46(6,29-35-15-23-39(49-9)24-16-35)30-36-17-25-40(50-10)26-18-36;2*2-1(3,4)5/h11-26,41-42H,27-32H2,1-10H3;;/q+2;2*-1/t41-,42-;;/m0../s1. The van der Waals surface area contributed by atoms with Gasteiger partial charge in [-0.1, -0.05) is 20.8 Å². The van der Waals surface area contributed by atoms with Crippen LogP contribution in [0.1, 0.15) is 49.9 Å². The lowest BCUT2D eigenvalue weighted by Gasteiger charge is -2.40. The Morgan fingerprint density at radius 3 is 0.823 bits per heavy atom. The first-order valence-corrected chi connectivity index (χ1v) is 20.0. The van der Waals surface area contributed by atoms with E-state index in [1.54, 1.807) is 28.4 Å². The van der Waals surface area contributed by atoms with Crippen LogP contribution in [0.2, 0.25) is 0 Å². The van der Waals surface area contributed by atoms with Gasteiger partial charge in [0.05, 0.1) is 42.5 Å². The molecule has 344 valence electrons. The van der Waals surface area contributed by atoms with Crippen molar-refractivity contribution in [1.82, 2.24) is 0 Å². The van der Waals surface area contributed by atoms with Gasteiger partial charge in [0.1, 0.15) is 74.5 Å². The Morgan fingerprint density at radius 2 is 0.661 bits per heavy atom. The smallest absolute Gasteiger partial charge is 0.497 e. The van der Waals surface area contributed by atoms with Crippen molar-refractivity contribution in [3.8, 4) is 23.0 Å². The summed E-state index contributed by atoms with van der Waals surface area (Å²) in [5.41, 5.74) is 4.72. The summed E-state index contributed by atoms with van der Waals surface area (Å²) in [4.78, 5) is 0. The summed E-state index contributed by atoms with van der Waals surface area (Å²) < 4.78 is 116. The molecule has 8 nitrogen and oxygen atoms in total. The SMILES string of the molecule is COc1ccc(C[N+](C)(Cc2ccc(OC)cc2)C[C@@H]2OC(C)(C(C)(C)C)O[C@H]2C[N+](C)(Cc2ccc(OC)cc2)Cc2ccc(OC)cc2)cc1.F[B-](F)(F)F.F[B-](F)(F)F. The quantitative estimate of drug-likeness (QED) is 0.0635. The molecule has 1 saturated heterocycles. The monoisotopic (exact) mass is 886 g/mol. The van der Waals surface area contributed by atoms with Crippen molar-refractivity contribution in [3.05, 3.63) is 119 Å². The highest BCUT2D eigenvalue weighted by molar-refractivity contribution is 6.50. The second-order valence-electron chi connectivity index (χ2n) is 17.1. The molecular weight excluding hydrogens is 826 g/mol. The highest BCUT2D eigenvalue weighted by atomic mass is 19.5. The predicted molar refractivity (Wildman–Crippen MR) is 227 cm³/mol. The fourth-order valence-corrected chi connectivity index (χ4v) is 7.35. The van der Waals surface area contributed by atoms with Crippen LogP contribution in [-0.4, -0.2) is 97.1 Å². The first kappa shape index (κ1) is 51.8. The molecule has 1 fully saturated rings. The van der Waals surface area contributed by atoms with E-state index in [2.05, 4.69) is 90.3 Å². The molecule has 0 radical (unpaired) electrons. The van der Waals surface area contributed by atoms with E-state index in [1.165, 1.54) is 22.3 Å². The number of methoxy groups -OCH3 is 4. The second kappa shape index (κ2) is 21.7. The van der Waals surface area contributed by atoms with Crippen LogP contribution in [0.4, 0.5) is 34.5 Å². The molecule has 1 heterocycles. The van der Waals surface area contributed by atoms with Gasteiger partial charge < -0.3 is 71.9 Å². The number of likely N-dealkylation sites (N-methyl/N-ethyl adjacent to an activating group) is 2. The van der Waals surface area contributed by atoms with Crippen LogP contribution in [-0.2, 0) is 35.7 Å². The molecule has 4 aromatic carbocycles. The maximum absolute atomic E-state index is 9.75. The van der Waals surface area contributed by atoms with E-state index >= 15 is 0 Å². The number of nitrogens with zero attached hydrogens (tertiary/aromatic N) is 2. The zero-order chi connectivity index (χ0) is 46.6. The highest BCUT2D eigenvalue weighted by Gasteiger charge is 2.55. The molecule has 1 aliphatic rings. The van der Waals surface area contributed by atoms with Gasteiger partial charge in [-0.3, -0.25) is 0 Å². The number of ether oxygens (including phenoxy) is 6. The van der Waals surface area contributed by atoms with Crippen molar-refractivity contribution >= 4 is 14.5 Å². The molecule has 1 aliphatic heterocycles. The van der Waals surface area contributed by atoms with Crippen molar-refractivity contribution in [2.45, 2.75) is 71.9 Å². The summed E-state index contributed by atoms with van der Waals surface area (Å²) in [5, 5.41) is 0. The van der Waals surface area contributed by atoms with Gasteiger partial charge in [-0.15, -0.1) is 0 Å². The van der Waals surface area contributed by atoms with Crippen LogP contribution in [0.25, 0.3) is 0 Å². The lowest BCUT2D eigenvalue weighted by atomic mass is 9.87. The van der Waals surface area contributed by atoms with E-state index in [4.69, 9.17) is 28.4 Å². The lowest BCUT2D eigenvalue weighted by Crippen LogP contribution is -2.54. The van der Waals surface area contributed by atoms with Gasteiger partial charge in [0, 0.05) is 27.7 Å². The molecule has 0 unspecified atom stereocenters. The molecule has 0 bridgehead atoms. The molecule has 0 N–H and O–H groups in total. The van der Waals surface area contributed by atoms with Crippen LogP contribution < -0.4 is 18.9 Å². The van der Waals surface area contributed by atoms with Crippen LogP contribution in [0, 0.1) is 5.41 Å². The summed E-state index contributed by atoms with van der Waals surface area (Å²) in [5.74, 6) is 2.65. The van der Waals surface area contributed by atoms with Crippen molar-refractivity contribution < 1.29 is 71.9 Å². The Balaban J connectivity index is 0.000000918. The van der Waals surface area contributed by atoms with Gasteiger partial charge in [0.2, 0.25) is 0 Å². The maximum Gasteiger partial charge on any atom is 0.673 e. The number of hydrogen-bond acceptors (Lipinski definition) is 6. The first-order chi connectivity index (χ1) is 28.7. The molecule has 0 aliphatic carbocycles. The fourth-order valence-electron chi connectivity index (χ4n) is 7.35. The average molecular weight is 887 g/mol. The Hall–Kier alpha value is -4.51. The molecule has 4 aromatic rings. The third kappa shape index (κ3) is 17.7. The summed E-state index contributed by atoms with van der Waals surface area (Å²) in [6.07, 6.45) is -0.315. The van der Waals surface area contributed by atoms with Gasteiger partial charge >= 0.3 is 14.5 Å². The summed E-state index contributed by atoms with van der Waals surface area (Å²) in [6, 6.07) is 33.7. The molecule has 0 aromatic heterocycles. The summed E-state index contributed by atoms with van der Waals surface area (Å²) in [6.45, 7) is 13.5. The van der Waals surface area contributed by atoms with E-state index < -0.39 is 20.3 Å². The molecule has 18 heteroatoms. The minimum Gasteiger partial charge on any atom is -0.497 e. The Bertz CT molecular complexity index is 1690. The average Bonchev–Trinajstić information content (AvgIpc) is 3.48. The first-order valence-electron chi connectivity index (χ1n) is 20.0. The van der Waals surface area contributed by atoms with E-state index in [1.807, 2.05) is 48.5 Å². The number of halogens is 8. The van der Waals surface area contributed by atoms with Crippen molar-refractivity contribution in [3.63, 3.8) is 0 Å². The lowest BCUT2D eigenvalue weighted by molar-refractivity contribution is -0.944. The summed E-state index contributed by atoms with van der Waals surface area (Å²) in [7, 11) is -0.498. The van der Waals surface area contributed by atoms with Crippen molar-refractivity contribution in [1.29, 1.82) is 0 Å². The number of quaternary nitrogens is 2.